The van der Waals surface area contributed by atoms with E-state index in [1.807, 2.05) is 13.1 Å². The number of rotatable bonds is 6. The van der Waals surface area contributed by atoms with E-state index in [-0.39, 0.29) is 0 Å². The summed E-state index contributed by atoms with van der Waals surface area (Å²) in [7, 11) is 0. The van der Waals surface area contributed by atoms with Crippen molar-refractivity contribution in [1.29, 1.82) is 0 Å². The van der Waals surface area contributed by atoms with Gasteiger partial charge in [0.05, 0.1) is 5.03 Å². The minimum absolute atomic E-state index is 0.916. The third-order valence-corrected chi connectivity index (χ3v) is 3.82. The highest BCUT2D eigenvalue weighted by Gasteiger charge is 2.01. The Labute approximate surface area is 125 Å². The van der Waals surface area contributed by atoms with Gasteiger partial charge in [0.1, 0.15) is 5.82 Å². The fourth-order valence-corrected chi connectivity index (χ4v) is 2.92. The van der Waals surface area contributed by atoms with Crippen LogP contribution in [0.15, 0.2) is 35.5 Å². The minimum Gasteiger partial charge on any atom is -0.370 e. The molecule has 4 heteroatoms. The van der Waals surface area contributed by atoms with Crippen LogP contribution in [0, 0.1) is 13.8 Å². The lowest BCUT2D eigenvalue weighted by Crippen LogP contribution is -2.01. The van der Waals surface area contributed by atoms with Crippen LogP contribution in [0.3, 0.4) is 0 Å². The predicted molar refractivity (Wildman–Crippen MR) is 86.3 cm³/mol. The van der Waals surface area contributed by atoms with Crippen molar-refractivity contribution in [1.82, 2.24) is 9.97 Å². The van der Waals surface area contributed by atoms with Crippen molar-refractivity contribution in [2.24, 2.45) is 0 Å². The van der Waals surface area contributed by atoms with Gasteiger partial charge in [0.15, 0.2) is 0 Å². The van der Waals surface area contributed by atoms with Crippen LogP contribution in [0.2, 0.25) is 0 Å². The Bertz CT molecular complexity index is 549. The lowest BCUT2D eigenvalue weighted by molar-refractivity contribution is 0.968. The largest absolute Gasteiger partial charge is 0.370 e. The summed E-state index contributed by atoms with van der Waals surface area (Å²) in [5.74, 6) is 1.87. The topological polar surface area (TPSA) is 37.8 Å². The smallest absolute Gasteiger partial charge is 0.126 e. The van der Waals surface area contributed by atoms with Crippen LogP contribution in [0.5, 0.6) is 0 Å². The van der Waals surface area contributed by atoms with Crippen LogP contribution in [-0.2, 0) is 5.75 Å². The van der Waals surface area contributed by atoms with Crippen LogP contribution >= 0.6 is 11.8 Å². The van der Waals surface area contributed by atoms with Gasteiger partial charge in [-0.2, -0.15) is 0 Å². The zero-order valence-electron chi connectivity index (χ0n) is 12.3. The molecule has 2 aromatic rings. The summed E-state index contributed by atoms with van der Waals surface area (Å²) >= 11 is 1.77. The molecule has 0 unspecified atom stereocenters. The Balaban J connectivity index is 1.99. The Kier molecular flexibility index (Phi) is 5.41. The van der Waals surface area contributed by atoms with Crippen molar-refractivity contribution in [3.63, 3.8) is 0 Å². The number of nitrogens with one attached hydrogen (secondary N) is 1. The Hall–Kier alpha value is -1.55. The van der Waals surface area contributed by atoms with Gasteiger partial charge in [-0.3, -0.25) is 0 Å². The molecule has 0 saturated carbocycles. The molecule has 2 rings (SSSR count). The van der Waals surface area contributed by atoms with E-state index in [1.54, 1.807) is 11.8 Å². The molecule has 20 heavy (non-hydrogen) atoms. The van der Waals surface area contributed by atoms with E-state index in [9.17, 15) is 0 Å². The molecular formula is C16H21N3S. The summed E-state index contributed by atoms with van der Waals surface area (Å²) in [5, 5.41) is 4.40. The summed E-state index contributed by atoms with van der Waals surface area (Å²) in [5.41, 5.74) is 3.61. The van der Waals surface area contributed by atoms with Crippen molar-refractivity contribution in [3.8, 4) is 0 Å². The Morgan fingerprint density at radius 3 is 2.80 bits per heavy atom. The fraction of sp³-hybridized carbons (Fsp3) is 0.375. The molecule has 0 spiro atoms. The zero-order valence-corrected chi connectivity index (χ0v) is 13.1. The first-order valence-corrected chi connectivity index (χ1v) is 7.93. The van der Waals surface area contributed by atoms with Crippen molar-refractivity contribution in [2.45, 2.75) is 38.0 Å². The maximum absolute atomic E-state index is 4.55. The SMILES string of the molecule is CCCNc1cc(CSc2cc(C)cc(C)n2)ccn1. The summed E-state index contributed by atoms with van der Waals surface area (Å²) in [6, 6.07) is 8.41. The average molecular weight is 287 g/mol. The molecule has 0 saturated heterocycles. The molecule has 0 aliphatic heterocycles. The fourth-order valence-electron chi connectivity index (χ4n) is 1.95. The van der Waals surface area contributed by atoms with Gasteiger partial charge in [-0.05, 0) is 55.7 Å². The van der Waals surface area contributed by atoms with Crippen LogP contribution in [-0.4, -0.2) is 16.5 Å². The highest BCUT2D eigenvalue weighted by Crippen LogP contribution is 2.23. The first kappa shape index (κ1) is 14.9. The molecular weight excluding hydrogens is 266 g/mol. The Morgan fingerprint density at radius 1 is 1.20 bits per heavy atom. The van der Waals surface area contributed by atoms with Gasteiger partial charge in [0.25, 0.3) is 0 Å². The van der Waals surface area contributed by atoms with E-state index >= 15 is 0 Å². The number of thioether (sulfide) groups is 1. The molecule has 3 nitrogen and oxygen atoms in total. The molecule has 0 radical (unpaired) electrons. The van der Waals surface area contributed by atoms with Gasteiger partial charge in [0.2, 0.25) is 0 Å². The third kappa shape index (κ3) is 4.53. The second-order valence-corrected chi connectivity index (χ2v) is 5.88. The minimum atomic E-state index is 0.916. The van der Waals surface area contributed by atoms with E-state index in [0.29, 0.717) is 0 Å². The van der Waals surface area contributed by atoms with E-state index in [2.05, 4.69) is 53.4 Å². The summed E-state index contributed by atoms with van der Waals surface area (Å²) < 4.78 is 0. The number of hydrogen-bond donors (Lipinski definition) is 1. The molecule has 106 valence electrons. The molecule has 2 heterocycles. The number of aryl methyl sites for hydroxylation is 2. The highest BCUT2D eigenvalue weighted by molar-refractivity contribution is 7.98. The van der Waals surface area contributed by atoms with Crippen LogP contribution in [0.25, 0.3) is 0 Å². The normalized spacial score (nSPS) is 10.6. The van der Waals surface area contributed by atoms with Gasteiger partial charge in [-0.1, -0.05) is 6.92 Å². The molecule has 0 aromatic carbocycles. The van der Waals surface area contributed by atoms with Crippen molar-refractivity contribution >= 4 is 17.6 Å². The van der Waals surface area contributed by atoms with Crippen LogP contribution < -0.4 is 5.32 Å². The van der Waals surface area contributed by atoms with Crippen molar-refractivity contribution < 1.29 is 0 Å². The summed E-state index contributed by atoms with van der Waals surface area (Å²) in [4.78, 5) is 8.88. The lowest BCUT2D eigenvalue weighted by atomic mass is 10.3. The third-order valence-electron chi connectivity index (χ3n) is 2.84. The van der Waals surface area contributed by atoms with E-state index in [0.717, 1.165) is 35.3 Å². The van der Waals surface area contributed by atoms with Gasteiger partial charge in [-0.15, -0.1) is 11.8 Å². The van der Waals surface area contributed by atoms with Gasteiger partial charge < -0.3 is 5.32 Å². The first-order valence-electron chi connectivity index (χ1n) is 6.94. The number of nitrogens with zero attached hydrogens (tertiary/aromatic N) is 2. The summed E-state index contributed by atoms with van der Waals surface area (Å²) in [6.07, 6.45) is 2.97. The van der Waals surface area contributed by atoms with Gasteiger partial charge >= 0.3 is 0 Å². The molecule has 0 aliphatic rings. The number of hydrogen-bond acceptors (Lipinski definition) is 4. The van der Waals surface area contributed by atoms with Crippen molar-refractivity contribution in [2.75, 3.05) is 11.9 Å². The monoisotopic (exact) mass is 287 g/mol. The van der Waals surface area contributed by atoms with Gasteiger partial charge in [0, 0.05) is 24.2 Å². The lowest BCUT2D eigenvalue weighted by Gasteiger charge is -2.07. The first-order chi connectivity index (χ1) is 9.67. The summed E-state index contributed by atoms with van der Waals surface area (Å²) in [6.45, 7) is 7.26. The van der Waals surface area contributed by atoms with Crippen molar-refractivity contribution in [3.05, 3.63) is 47.3 Å². The average Bonchev–Trinajstić information content (AvgIpc) is 2.42. The van der Waals surface area contributed by atoms with E-state index in [1.165, 1.54) is 11.1 Å². The number of pyridine rings is 2. The van der Waals surface area contributed by atoms with E-state index < -0.39 is 0 Å². The number of aromatic nitrogens is 2. The molecule has 0 bridgehead atoms. The maximum atomic E-state index is 4.55. The number of anilines is 1. The maximum Gasteiger partial charge on any atom is 0.126 e. The second kappa shape index (κ2) is 7.29. The highest BCUT2D eigenvalue weighted by atomic mass is 32.2. The molecule has 0 atom stereocenters. The van der Waals surface area contributed by atoms with Crippen LogP contribution in [0.1, 0.15) is 30.2 Å². The molecule has 0 amide bonds. The van der Waals surface area contributed by atoms with Gasteiger partial charge in [-0.25, -0.2) is 9.97 Å². The predicted octanol–water partition coefficient (Wildman–Crippen LogP) is 4.21. The molecule has 1 N–H and O–H groups in total. The Morgan fingerprint density at radius 2 is 2.05 bits per heavy atom. The van der Waals surface area contributed by atoms with E-state index in [4.69, 9.17) is 0 Å². The second-order valence-electron chi connectivity index (χ2n) is 4.89. The molecule has 0 aliphatic carbocycles. The van der Waals surface area contributed by atoms with Crippen LogP contribution in [0.4, 0.5) is 5.82 Å². The standard InChI is InChI=1S/C16H21N3S/c1-4-6-17-15-10-14(5-7-18-15)11-20-16-9-12(2)8-13(3)19-16/h5,7-10H,4,6,11H2,1-3H3,(H,17,18). The zero-order chi connectivity index (χ0) is 14.4. The quantitative estimate of drug-likeness (QED) is 0.808. The molecule has 0 fully saturated rings. The molecule has 2 aromatic heterocycles.